The number of nitrogens with zero attached hydrogens (tertiary/aromatic N) is 4. The van der Waals surface area contributed by atoms with E-state index >= 15 is 0 Å². The summed E-state index contributed by atoms with van der Waals surface area (Å²) in [7, 11) is 0. The van der Waals surface area contributed by atoms with Crippen LogP contribution in [0.15, 0.2) is 128 Å². The average Bonchev–Trinajstić information content (AvgIpc) is 2.98. The monoisotopic (exact) mass is 476 g/mol. The highest BCUT2D eigenvalue weighted by Crippen LogP contribution is 2.29. The molecule has 176 valence electrons. The van der Waals surface area contributed by atoms with E-state index in [1.807, 2.05) is 55.6 Å². The van der Waals surface area contributed by atoms with Crippen LogP contribution < -0.4 is 0 Å². The van der Waals surface area contributed by atoms with E-state index in [4.69, 9.17) is 15.0 Å². The number of hydrogen-bond acceptors (Lipinski definition) is 4. The van der Waals surface area contributed by atoms with Crippen LogP contribution in [0, 0.1) is 6.92 Å². The van der Waals surface area contributed by atoms with E-state index in [0.29, 0.717) is 17.5 Å². The molecule has 4 heteroatoms. The van der Waals surface area contributed by atoms with Gasteiger partial charge in [0.1, 0.15) is 0 Å². The molecule has 0 spiro atoms. The van der Waals surface area contributed by atoms with E-state index in [0.717, 1.165) is 39.1 Å². The SMILES string of the molecule is Cc1ncccc1-c1ccc(-c2nc(-c3ccccc3)nc(-c3ccc(-c4ccccc4)cc3)n2)cc1. The van der Waals surface area contributed by atoms with Crippen LogP contribution in [0.1, 0.15) is 5.69 Å². The molecule has 0 N–H and O–H groups in total. The summed E-state index contributed by atoms with van der Waals surface area (Å²) in [6.45, 7) is 2.02. The van der Waals surface area contributed by atoms with Crippen LogP contribution in [0.3, 0.4) is 0 Å². The lowest BCUT2D eigenvalue weighted by atomic mass is 10.0. The Hall–Kier alpha value is -4.96. The molecule has 2 heterocycles. The zero-order valence-corrected chi connectivity index (χ0v) is 20.4. The summed E-state index contributed by atoms with van der Waals surface area (Å²) in [4.78, 5) is 19.0. The first-order valence-corrected chi connectivity index (χ1v) is 12.2. The van der Waals surface area contributed by atoms with E-state index in [9.17, 15) is 0 Å². The van der Waals surface area contributed by atoms with Gasteiger partial charge in [0.2, 0.25) is 0 Å². The van der Waals surface area contributed by atoms with Crippen molar-refractivity contribution >= 4 is 0 Å². The van der Waals surface area contributed by atoms with Gasteiger partial charge in [-0.2, -0.15) is 0 Å². The van der Waals surface area contributed by atoms with E-state index in [1.54, 1.807) is 0 Å². The fourth-order valence-electron chi connectivity index (χ4n) is 4.38. The normalized spacial score (nSPS) is 10.8. The summed E-state index contributed by atoms with van der Waals surface area (Å²) < 4.78 is 0. The van der Waals surface area contributed by atoms with Crippen molar-refractivity contribution in [2.45, 2.75) is 6.92 Å². The lowest BCUT2D eigenvalue weighted by Gasteiger charge is -2.10. The number of hydrogen-bond donors (Lipinski definition) is 0. The minimum absolute atomic E-state index is 0.644. The number of aromatic nitrogens is 4. The highest BCUT2D eigenvalue weighted by molar-refractivity contribution is 5.72. The van der Waals surface area contributed by atoms with Crippen LogP contribution in [0.4, 0.5) is 0 Å². The van der Waals surface area contributed by atoms with Gasteiger partial charge in [-0.15, -0.1) is 0 Å². The van der Waals surface area contributed by atoms with Gasteiger partial charge in [0.25, 0.3) is 0 Å². The maximum absolute atomic E-state index is 4.89. The van der Waals surface area contributed by atoms with Gasteiger partial charge in [0.15, 0.2) is 17.5 Å². The molecule has 0 fully saturated rings. The van der Waals surface area contributed by atoms with Crippen molar-refractivity contribution in [2.24, 2.45) is 0 Å². The summed E-state index contributed by atoms with van der Waals surface area (Å²) in [6, 6.07) is 41.1. The predicted octanol–water partition coefficient (Wildman–Crippen LogP) is 7.91. The first-order valence-electron chi connectivity index (χ1n) is 12.2. The number of aryl methyl sites for hydroxylation is 1. The zero-order valence-electron chi connectivity index (χ0n) is 20.4. The Morgan fingerprint density at radius 1 is 0.378 bits per heavy atom. The molecule has 0 amide bonds. The molecule has 0 aliphatic rings. The molecule has 0 aliphatic carbocycles. The van der Waals surface area contributed by atoms with Gasteiger partial charge in [0.05, 0.1) is 0 Å². The Morgan fingerprint density at radius 2 is 0.784 bits per heavy atom. The van der Waals surface area contributed by atoms with Gasteiger partial charge in [0, 0.05) is 34.1 Å². The van der Waals surface area contributed by atoms with E-state index in [-0.39, 0.29) is 0 Å². The molecule has 0 radical (unpaired) electrons. The van der Waals surface area contributed by atoms with Crippen molar-refractivity contribution in [3.63, 3.8) is 0 Å². The fourth-order valence-corrected chi connectivity index (χ4v) is 4.38. The molecule has 37 heavy (non-hydrogen) atoms. The Labute approximate surface area is 216 Å². The zero-order chi connectivity index (χ0) is 25.0. The topological polar surface area (TPSA) is 51.6 Å². The molecular formula is C33H24N4. The minimum Gasteiger partial charge on any atom is -0.261 e. The van der Waals surface area contributed by atoms with Crippen LogP contribution in [0.5, 0.6) is 0 Å². The third-order valence-electron chi connectivity index (χ3n) is 6.38. The lowest BCUT2D eigenvalue weighted by Crippen LogP contribution is -2.00. The Balaban J connectivity index is 1.41. The molecule has 4 nitrogen and oxygen atoms in total. The summed E-state index contributed by atoms with van der Waals surface area (Å²) >= 11 is 0. The second kappa shape index (κ2) is 9.96. The molecule has 0 aliphatic heterocycles. The van der Waals surface area contributed by atoms with Crippen LogP contribution in [0.2, 0.25) is 0 Å². The van der Waals surface area contributed by atoms with E-state index in [1.165, 1.54) is 5.56 Å². The summed E-state index contributed by atoms with van der Waals surface area (Å²) in [5.74, 6) is 1.95. The maximum atomic E-state index is 4.89. The predicted molar refractivity (Wildman–Crippen MR) is 150 cm³/mol. The van der Waals surface area contributed by atoms with Crippen LogP contribution in [-0.4, -0.2) is 19.9 Å². The van der Waals surface area contributed by atoms with Crippen LogP contribution >= 0.6 is 0 Å². The second-order valence-electron chi connectivity index (χ2n) is 8.83. The first-order chi connectivity index (χ1) is 18.2. The molecule has 6 aromatic rings. The summed E-state index contributed by atoms with van der Waals surface area (Å²) in [5, 5.41) is 0. The maximum Gasteiger partial charge on any atom is 0.164 e. The molecule has 2 aromatic heterocycles. The number of rotatable bonds is 5. The molecule has 0 saturated heterocycles. The molecule has 4 aromatic carbocycles. The summed E-state index contributed by atoms with van der Waals surface area (Å²) in [5.41, 5.74) is 8.41. The van der Waals surface area contributed by atoms with E-state index < -0.39 is 0 Å². The van der Waals surface area contributed by atoms with Crippen molar-refractivity contribution in [3.8, 4) is 56.4 Å². The smallest absolute Gasteiger partial charge is 0.164 e. The third kappa shape index (κ3) is 4.78. The standard InChI is InChI=1S/C33H24N4/c1-23-30(13-8-22-34-23)26-16-20-29(21-17-26)33-36-31(27-11-6-3-7-12-27)35-32(37-33)28-18-14-25(15-19-28)24-9-4-2-5-10-24/h2-22H,1H3. The van der Waals surface area contributed by atoms with Crippen LogP contribution in [-0.2, 0) is 0 Å². The first kappa shape index (κ1) is 22.5. The number of benzene rings is 4. The van der Waals surface area contributed by atoms with Gasteiger partial charge in [-0.25, -0.2) is 15.0 Å². The molecule has 0 atom stereocenters. The van der Waals surface area contributed by atoms with Crippen molar-refractivity contribution in [1.29, 1.82) is 0 Å². The third-order valence-corrected chi connectivity index (χ3v) is 6.38. The molecule has 0 saturated carbocycles. The van der Waals surface area contributed by atoms with Crippen molar-refractivity contribution in [2.75, 3.05) is 0 Å². The minimum atomic E-state index is 0.644. The second-order valence-corrected chi connectivity index (χ2v) is 8.83. The average molecular weight is 477 g/mol. The Morgan fingerprint density at radius 3 is 1.30 bits per heavy atom. The highest BCUT2D eigenvalue weighted by atomic mass is 15.0. The largest absolute Gasteiger partial charge is 0.261 e. The van der Waals surface area contributed by atoms with Crippen molar-refractivity contribution in [1.82, 2.24) is 19.9 Å². The molecular weight excluding hydrogens is 452 g/mol. The van der Waals surface area contributed by atoms with Gasteiger partial charge in [-0.1, -0.05) is 115 Å². The van der Waals surface area contributed by atoms with Gasteiger partial charge in [-0.05, 0) is 29.7 Å². The van der Waals surface area contributed by atoms with Gasteiger partial charge in [-0.3, -0.25) is 4.98 Å². The van der Waals surface area contributed by atoms with E-state index in [2.05, 4.69) is 83.8 Å². The van der Waals surface area contributed by atoms with Crippen molar-refractivity contribution in [3.05, 3.63) is 133 Å². The highest BCUT2D eigenvalue weighted by Gasteiger charge is 2.13. The fraction of sp³-hybridized carbons (Fsp3) is 0.0303. The van der Waals surface area contributed by atoms with Gasteiger partial charge >= 0.3 is 0 Å². The number of pyridine rings is 1. The van der Waals surface area contributed by atoms with Crippen LogP contribution in [0.25, 0.3) is 56.4 Å². The molecule has 0 bridgehead atoms. The summed E-state index contributed by atoms with van der Waals surface area (Å²) in [6.07, 6.45) is 1.82. The molecule has 0 unspecified atom stereocenters. The Bertz CT molecular complexity index is 1640. The lowest BCUT2D eigenvalue weighted by molar-refractivity contribution is 1.07. The quantitative estimate of drug-likeness (QED) is 0.254. The molecule has 6 rings (SSSR count). The van der Waals surface area contributed by atoms with Crippen molar-refractivity contribution < 1.29 is 0 Å². The Kier molecular flexibility index (Phi) is 6.05. The van der Waals surface area contributed by atoms with Gasteiger partial charge < -0.3 is 0 Å².